The Morgan fingerprint density at radius 3 is 2.58 bits per heavy atom. The zero-order valence-corrected chi connectivity index (χ0v) is 19.8. The van der Waals surface area contributed by atoms with Crippen molar-refractivity contribution in [1.29, 1.82) is 0 Å². The summed E-state index contributed by atoms with van der Waals surface area (Å²) in [7, 11) is 1.55. The Kier molecular flexibility index (Phi) is 5.77. The van der Waals surface area contributed by atoms with Gasteiger partial charge in [-0.15, -0.1) is 0 Å². The van der Waals surface area contributed by atoms with Gasteiger partial charge in [0.15, 0.2) is 11.6 Å². The third kappa shape index (κ3) is 4.10. The van der Waals surface area contributed by atoms with E-state index in [0.717, 1.165) is 17.4 Å². The van der Waals surface area contributed by atoms with Gasteiger partial charge in [0.25, 0.3) is 0 Å². The molecule has 1 atom stereocenters. The third-order valence-corrected chi connectivity index (χ3v) is 6.20. The minimum atomic E-state index is -4.58. The Labute approximate surface area is 205 Å². The summed E-state index contributed by atoms with van der Waals surface area (Å²) >= 11 is 0. The second-order valence-corrected chi connectivity index (χ2v) is 8.53. The van der Waals surface area contributed by atoms with Crippen LogP contribution >= 0.6 is 0 Å². The van der Waals surface area contributed by atoms with Gasteiger partial charge in [0.05, 0.1) is 36.9 Å². The van der Waals surface area contributed by atoms with Gasteiger partial charge < -0.3 is 14.2 Å². The fourth-order valence-electron chi connectivity index (χ4n) is 4.54. The number of hydrogen-bond donors (Lipinski definition) is 0. The smallest absolute Gasteiger partial charge is 0.416 e. The number of methoxy groups -OCH3 is 1. The van der Waals surface area contributed by atoms with Gasteiger partial charge in [-0.05, 0) is 36.8 Å². The van der Waals surface area contributed by atoms with E-state index >= 15 is 0 Å². The van der Waals surface area contributed by atoms with E-state index in [4.69, 9.17) is 4.74 Å². The molecule has 11 heteroatoms. The molecule has 0 fully saturated rings. The molecule has 0 spiro atoms. The average Bonchev–Trinajstić information content (AvgIpc) is 3.48. The number of alkyl halides is 3. The summed E-state index contributed by atoms with van der Waals surface area (Å²) in [6, 6.07) is 9.67. The van der Waals surface area contributed by atoms with Gasteiger partial charge in [-0.25, -0.2) is 14.6 Å². The molecular formula is C25H23F3N6O2. The van der Waals surface area contributed by atoms with Crippen LogP contribution in [0, 0.1) is 6.92 Å². The molecule has 0 radical (unpaired) electrons. The minimum Gasteiger partial charge on any atom is -0.495 e. The third-order valence-electron chi connectivity index (χ3n) is 6.20. The molecule has 2 aromatic heterocycles. The average molecular weight is 496 g/mol. The monoisotopic (exact) mass is 496 g/mol. The number of halogens is 3. The van der Waals surface area contributed by atoms with Crippen LogP contribution in [0.15, 0.2) is 55.0 Å². The second-order valence-electron chi connectivity index (χ2n) is 8.53. The van der Waals surface area contributed by atoms with E-state index < -0.39 is 17.8 Å². The quantitative estimate of drug-likeness (QED) is 0.418. The van der Waals surface area contributed by atoms with Gasteiger partial charge in [-0.1, -0.05) is 18.2 Å². The summed E-state index contributed by atoms with van der Waals surface area (Å²) in [4.78, 5) is 22.7. The molecule has 1 aliphatic rings. The number of hydrogen-bond acceptors (Lipinski definition) is 5. The number of fused-ring (bicyclic) bond motifs is 1. The highest BCUT2D eigenvalue weighted by molar-refractivity contribution is 5.74. The van der Waals surface area contributed by atoms with Gasteiger partial charge >= 0.3 is 6.18 Å². The second kappa shape index (κ2) is 8.81. The first-order chi connectivity index (χ1) is 17.2. The highest BCUT2D eigenvalue weighted by Gasteiger charge is 2.41. The zero-order chi connectivity index (χ0) is 25.6. The van der Waals surface area contributed by atoms with Crippen molar-refractivity contribution in [3.8, 4) is 22.8 Å². The van der Waals surface area contributed by atoms with Gasteiger partial charge in [-0.3, -0.25) is 4.79 Å². The molecule has 0 saturated carbocycles. The van der Waals surface area contributed by atoms with E-state index in [-0.39, 0.29) is 23.8 Å². The highest BCUT2D eigenvalue weighted by Crippen LogP contribution is 2.40. The van der Waals surface area contributed by atoms with E-state index in [9.17, 15) is 18.0 Å². The van der Waals surface area contributed by atoms with Crippen molar-refractivity contribution >= 4 is 5.91 Å². The summed E-state index contributed by atoms with van der Waals surface area (Å²) in [6.45, 7) is 3.76. The van der Waals surface area contributed by atoms with Gasteiger partial charge in [-0.2, -0.15) is 18.3 Å². The lowest BCUT2D eigenvalue weighted by atomic mass is 9.96. The SMILES string of the molecule is COc1cc(-c2nc3n(n2)CCN(C(C)=O)C3c2ccccc2C(F)(F)F)ccc1-n1cnc(C)c1. The van der Waals surface area contributed by atoms with Crippen molar-refractivity contribution in [2.45, 2.75) is 32.6 Å². The molecule has 1 aliphatic heterocycles. The van der Waals surface area contributed by atoms with E-state index in [0.29, 0.717) is 23.7 Å². The number of aryl methyl sites for hydroxylation is 1. The highest BCUT2D eigenvalue weighted by atomic mass is 19.4. The molecule has 186 valence electrons. The zero-order valence-electron chi connectivity index (χ0n) is 19.8. The number of nitrogens with zero attached hydrogens (tertiary/aromatic N) is 6. The lowest BCUT2D eigenvalue weighted by Gasteiger charge is -2.35. The molecule has 5 rings (SSSR count). The summed E-state index contributed by atoms with van der Waals surface area (Å²) in [6.07, 6.45) is -1.04. The first-order valence-corrected chi connectivity index (χ1v) is 11.2. The molecule has 3 heterocycles. The van der Waals surface area contributed by atoms with E-state index in [1.54, 1.807) is 24.2 Å². The Balaban J connectivity index is 1.61. The maximum atomic E-state index is 13.9. The fourth-order valence-corrected chi connectivity index (χ4v) is 4.54. The molecule has 0 N–H and O–H groups in total. The fraction of sp³-hybridized carbons (Fsp3) is 0.280. The van der Waals surface area contributed by atoms with Crippen molar-refractivity contribution in [2.24, 2.45) is 0 Å². The summed E-state index contributed by atoms with van der Waals surface area (Å²) in [5, 5.41) is 4.58. The Morgan fingerprint density at radius 1 is 1.14 bits per heavy atom. The standard InChI is InChI=1S/C25H23F3N6O2/c1-15-13-32(14-29-15)20-9-8-17(12-21(20)36-3)23-30-24-22(33(16(2)35)10-11-34(24)31-23)18-6-4-5-7-19(18)25(26,27)28/h4-9,12-14,22H,10-11H2,1-3H3. The van der Waals surface area contributed by atoms with Crippen LogP contribution in [0.1, 0.15) is 35.6 Å². The Hall–Kier alpha value is -4.15. The molecule has 0 saturated heterocycles. The molecule has 4 aromatic rings. The molecule has 36 heavy (non-hydrogen) atoms. The van der Waals surface area contributed by atoms with Gasteiger partial charge in [0.2, 0.25) is 5.91 Å². The van der Waals surface area contributed by atoms with Crippen LogP contribution in [0.2, 0.25) is 0 Å². The molecule has 1 amide bonds. The predicted molar refractivity (Wildman–Crippen MR) is 125 cm³/mol. The maximum Gasteiger partial charge on any atom is 0.416 e. The number of benzene rings is 2. The molecular weight excluding hydrogens is 473 g/mol. The van der Waals surface area contributed by atoms with Crippen molar-refractivity contribution < 1.29 is 22.7 Å². The lowest BCUT2D eigenvalue weighted by molar-refractivity contribution is -0.140. The van der Waals surface area contributed by atoms with Crippen molar-refractivity contribution in [2.75, 3.05) is 13.7 Å². The summed E-state index contributed by atoms with van der Waals surface area (Å²) < 4.78 is 50.6. The summed E-state index contributed by atoms with van der Waals surface area (Å²) in [5.74, 6) is 0.824. The van der Waals surface area contributed by atoms with Crippen molar-refractivity contribution in [3.63, 3.8) is 0 Å². The van der Waals surface area contributed by atoms with Crippen LogP contribution in [-0.2, 0) is 17.5 Å². The van der Waals surface area contributed by atoms with Crippen LogP contribution in [-0.4, -0.2) is 48.8 Å². The maximum absolute atomic E-state index is 13.9. The topological polar surface area (TPSA) is 78.1 Å². The Bertz CT molecular complexity index is 1440. The van der Waals surface area contributed by atoms with E-state index in [1.165, 1.54) is 30.0 Å². The van der Waals surface area contributed by atoms with Crippen LogP contribution in [0.3, 0.4) is 0 Å². The Morgan fingerprint density at radius 2 is 1.92 bits per heavy atom. The van der Waals surface area contributed by atoms with Gasteiger partial charge in [0, 0.05) is 25.2 Å². The van der Waals surface area contributed by atoms with Crippen molar-refractivity contribution in [1.82, 2.24) is 29.2 Å². The number of carbonyl (C=O) groups is 1. The number of rotatable bonds is 4. The first kappa shape index (κ1) is 23.6. The van der Waals surface area contributed by atoms with E-state index in [2.05, 4.69) is 15.1 Å². The molecule has 8 nitrogen and oxygen atoms in total. The van der Waals surface area contributed by atoms with Gasteiger partial charge in [0.1, 0.15) is 11.8 Å². The predicted octanol–water partition coefficient (Wildman–Crippen LogP) is 4.42. The minimum absolute atomic E-state index is 0.0384. The molecule has 2 aromatic carbocycles. The number of amides is 1. The van der Waals surface area contributed by atoms with Crippen LogP contribution in [0.4, 0.5) is 13.2 Å². The number of imidazole rings is 1. The van der Waals surface area contributed by atoms with Crippen LogP contribution < -0.4 is 4.74 Å². The normalized spacial score (nSPS) is 15.6. The summed E-state index contributed by atoms with van der Waals surface area (Å²) in [5.41, 5.74) is 1.41. The number of aromatic nitrogens is 5. The largest absolute Gasteiger partial charge is 0.495 e. The lowest BCUT2D eigenvalue weighted by Crippen LogP contribution is -2.42. The molecule has 0 bridgehead atoms. The number of ether oxygens (including phenoxy) is 1. The molecule has 0 aliphatic carbocycles. The van der Waals surface area contributed by atoms with Crippen molar-refractivity contribution in [3.05, 3.63) is 77.6 Å². The van der Waals surface area contributed by atoms with Crippen LogP contribution in [0.25, 0.3) is 17.1 Å². The van der Waals surface area contributed by atoms with E-state index in [1.807, 2.05) is 29.8 Å². The number of carbonyl (C=O) groups excluding carboxylic acids is 1. The molecule has 1 unspecified atom stereocenters. The van der Waals surface area contributed by atoms with Crippen LogP contribution in [0.5, 0.6) is 5.75 Å². The first-order valence-electron chi connectivity index (χ1n) is 11.2.